The van der Waals surface area contributed by atoms with E-state index in [1.165, 1.54) is 18.3 Å². The van der Waals surface area contributed by atoms with Gasteiger partial charge in [0.1, 0.15) is 0 Å². The summed E-state index contributed by atoms with van der Waals surface area (Å²) < 4.78 is 5.37. The monoisotopic (exact) mass is 236 g/mol. The van der Waals surface area contributed by atoms with Crippen LogP contribution in [0.3, 0.4) is 0 Å². The molecule has 1 aliphatic heterocycles. The molecule has 92 valence electrons. The molecule has 1 fully saturated rings. The molecule has 0 spiro atoms. The van der Waals surface area contributed by atoms with Crippen molar-refractivity contribution in [1.29, 1.82) is 0 Å². The summed E-state index contributed by atoms with van der Waals surface area (Å²) in [6, 6.07) is 2.86. The summed E-state index contributed by atoms with van der Waals surface area (Å²) >= 11 is 0. The molecule has 5 heteroatoms. The van der Waals surface area contributed by atoms with Crippen LogP contribution in [0.1, 0.15) is 30.1 Å². The van der Waals surface area contributed by atoms with Crippen molar-refractivity contribution in [3.8, 4) is 0 Å². The van der Waals surface area contributed by atoms with Gasteiger partial charge in [0.05, 0.1) is 17.7 Å². The van der Waals surface area contributed by atoms with Gasteiger partial charge in [0.15, 0.2) is 0 Å². The molecule has 2 heterocycles. The van der Waals surface area contributed by atoms with E-state index in [1.807, 2.05) is 6.92 Å². The minimum atomic E-state index is -0.314. The number of aromatic amines is 1. The molecule has 0 aromatic carbocycles. The van der Waals surface area contributed by atoms with Gasteiger partial charge in [-0.15, -0.1) is 0 Å². The van der Waals surface area contributed by atoms with E-state index in [4.69, 9.17) is 4.74 Å². The Morgan fingerprint density at radius 3 is 2.94 bits per heavy atom. The lowest BCUT2D eigenvalue weighted by molar-refractivity contribution is 0.0272. The number of hydrogen-bond acceptors (Lipinski definition) is 3. The molecule has 1 atom stereocenters. The summed E-state index contributed by atoms with van der Waals surface area (Å²) in [7, 11) is 0. The van der Waals surface area contributed by atoms with Crippen LogP contribution < -0.4 is 10.9 Å². The minimum absolute atomic E-state index is 0.186. The average Bonchev–Trinajstić information content (AvgIpc) is 2.30. The summed E-state index contributed by atoms with van der Waals surface area (Å²) in [6.45, 7) is 3.25. The largest absolute Gasteiger partial charge is 0.379 e. The number of aromatic nitrogens is 1. The number of ether oxygens (including phenoxy) is 1. The number of rotatable bonds is 2. The van der Waals surface area contributed by atoms with Crippen LogP contribution in [0.4, 0.5) is 0 Å². The maximum Gasteiger partial charge on any atom is 0.253 e. The van der Waals surface area contributed by atoms with Gasteiger partial charge in [-0.3, -0.25) is 9.59 Å². The molecular weight excluding hydrogens is 220 g/mol. The molecule has 0 saturated carbocycles. The summed E-state index contributed by atoms with van der Waals surface area (Å²) in [4.78, 5) is 25.3. The second-order valence-corrected chi connectivity index (χ2v) is 4.61. The smallest absolute Gasteiger partial charge is 0.253 e. The van der Waals surface area contributed by atoms with Crippen LogP contribution in [0.2, 0.25) is 0 Å². The Kier molecular flexibility index (Phi) is 3.28. The third kappa shape index (κ3) is 2.94. The zero-order chi connectivity index (χ0) is 12.3. The zero-order valence-corrected chi connectivity index (χ0v) is 9.79. The molecule has 17 heavy (non-hydrogen) atoms. The highest BCUT2D eigenvalue weighted by atomic mass is 16.5. The van der Waals surface area contributed by atoms with Crippen LogP contribution in [0, 0.1) is 0 Å². The molecule has 0 bridgehead atoms. The Hall–Kier alpha value is -1.62. The highest BCUT2D eigenvalue weighted by molar-refractivity contribution is 5.94. The summed E-state index contributed by atoms with van der Waals surface area (Å²) in [5.41, 5.74) is -0.0731. The Morgan fingerprint density at radius 2 is 2.35 bits per heavy atom. The second kappa shape index (κ2) is 4.71. The Labute approximate surface area is 99.2 Å². The van der Waals surface area contributed by atoms with Gasteiger partial charge >= 0.3 is 0 Å². The number of H-pyrrole nitrogens is 1. The molecule has 1 aliphatic rings. The zero-order valence-electron chi connectivity index (χ0n) is 9.79. The first-order chi connectivity index (χ1) is 8.09. The van der Waals surface area contributed by atoms with Crippen molar-refractivity contribution in [2.45, 2.75) is 25.3 Å². The lowest BCUT2D eigenvalue weighted by atomic mass is 9.94. The Bertz CT molecular complexity index is 441. The number of carbonyl (C=O) groups excluding carboxylic acids is 1. The minimum Gasteiger partial charge on any atom is -0.379 e. The number of pyridine rings is 1. The molecule has 1 aromatic rings. The van der Waals surface area contributed by atoms with Gasteiger partial charge in [-0.25, -0.2) is 0 Å². The van der Waals surface area contributed by atoms with Crippen molar-refractivity contribution in [2.24, 2.45) is 0 Å². The van der Waals surface area contributed by atoms with E-state index in [-0.39, 0.29) is 17.0 Å². The molecule has 2 rings (SSSR count). The number of carbonyl (C=O) groups is 1. The fourth-order valence-electron chi connectivity index (χ4n) is 1.93. The van der Waals surface area contributed by atoms with E-state index < -0.39 is 0 Å². The van der Waals surface area contributed by atoms with Crippen molar-refractivity contribution in [3.05, 3.63) is 34.2 Å². The first-order valence-corrected chi connectivity index (χ1v) is 5.68. The maximum atomic E-state index is 11.9. The van der Waals surface area contributed by atoms with E-state index in [1.54, 1.807) is 0 Å². The fourth-order valence-corrected chi connectivity index (χ4v) is 1.93. The lowest BCUT2D eigenvalue weighted by Gasteiger charge is -2.34. The Morgan fingerprint density at radius 1 is 1.53 bits per heavy atom. The van der Waals surface area contributed by atoms with Crippen LogP contribution >= 0.6 is 0 Å². The molecule has 2 N–H and O–H groups in total. The van der Waals surface area contributed by atoms with E-state index in [0.29, 0.717) is 12.2 Å². The molecule has 0 radical (unpaired) electrons. The van der Waals surface area contributed by atoms with Crippen molar-refractivity contribution in [1.82, 2.24) is 10.3 Å². The van der Waals surface area contributed by atoms with Crippen molar-refractivity contribution >= 4 is 5.91 Å². The van der Waals surface area contributed by atoms with Gasteiger partial charge in [-0.05, 0) is 25.8 Å². The normalized spacial score (nSPS) is 24.3. The maximum absolute atomic E-state index is 11.9. The van der Waals surface area contributed by atoms with Crippen molar-refractivity contribution in [2.75, 3.05) is 13.2 Å². The van der Waals surface area contributed by atoms with Crippen LogP contribution in [-0.4, -0.2) is 29.6 Å². The van der Waals surface area contributed by atoms with Gasteiger partial charge < -0.3 is 15.0 Å². The molecule has 1 saturated heterocycles. The molecule has 1 amide bonds. The van der Waals surface area contributed by atoms with Crippen LogP contribution in [-0.2, 0) is 4.74 Å². The summed E-state index contributed by atoms with van der Waals surface area (Å²) in [5, 5.41) is 2.95. The third-order valence-electron chi connectivity index (χ3n) is 2.90. The number of nitrogens with one attached hydrogen (secondary N) is 2. The topological polar surface area (TPSA) is 71.2 Å². The van der Waals surface area contributed by atoms with Gasteiger partial charge in [0, 0.05) is 18.9 Å². The Balaban J connectivity index is 2.05. The first-order valence-electron chi connectivity index (χ1n) is 5.68. The van der Waals surface area contributed by atoms with E-state index in [2.05, 4.69) is 10.3 Å². The van der Waals surface area contributed by atoms with Crippen molar-refractivity contribution in [3.63, 3.8) is 0 Å². The van der Waals surface area contributed by atoms with Crippen LogP contribution in [0.5, 0.6) is 0 Å². The second-order valence-electron chi connectivity index (χ2n) is 4.61. The lowest BCUT2D eigenvalue weighted by Crippen LogP contribution is -2.51. The first kappa shape index (κ1) is 11.9. The van der Waals surface area contributed by atoms with Gasteiger partial charge in [0.25, 0.3) is 5.91 Å². The van der Waals surface area contributed by atoms with Crippen LogP contribution in [0.15, 0.2) is 23.1 Å². The number of hydrogen-bond donors (Lipinski definition) is 2. The summed E-state index contributed by atoms with van der Waals surface area (Å²) in [6.07, 6.45) is 3.27. The predicted octanol–water partition coefficient (Wildman–Crippen LogP) is 0.674. The summed E-state index contributed by atoms with van der Waals surface area (Å²) in [5.74, 6) is -0.186. The van der Waals surface area contributed by atoms with E-state index in [0.717, 1.165) is 19.4 Å². The van der Waals surface area contributed by atoms with Crippen molar-refractivity contribution < 1.29 is 9.53 Å². The highest BCUT2D eigenvalue weighted by Crippen LogP contribution is 2.18. The van der Waals surface area contributed by atoms with Gasteiger partial charge in [-0.1, -0.05) is 0 Å². The predicted molar refractivity (Wildman–Crippen MR) is 63.0 cm³/mol. The SMILES string of the molecule is CC1(NC(=O)c2ccc(=O)[nH]c2)CCCOC1. The molecule has 1 unspecified atom stereocenters. The number of amides is 1. The molecule has 0 aliphatic carbocycles. The third-order valence-corrected chi connectivity index (χ3v) is 2.90. The quantitative estimate of drug-likeness (QED) is 0.793. The van der Waals surface area contributed by atoms with Gasteiger partial charge in [-0.2, -0.15) is 0 Å². The van der Waals surface area contributed by atoms with E-state index >= 15 is 0 Å². The molecule has 5 nitrogen and oxygen atoms in total. The fraction of sp³-hybridized carbons (Fsp3) is 0.500. The average molecular weight is 236 g/mol. The van der Waals surface area contributed by atoms with Gasteiger partial charge in [0.2, 0.25) is 5.56 Å². The highest BCUT2D eigenvalue weighted by Gasteiger charge is 2.29. The van der Waals surface area contributed by atoms with Crippen LogP contribution in [0.25, 0.3) is 0 Å². The van der Waals surface area contributed by atoms with E-state index in [9.17, 15) is 9.59 Å². The molecule has 1 aromatic heterocycles. The standard InChI is InChI=1S/C12H16N2O3/c1-12(5-2-6-17-8-12)14-11(16)9-3-4-10(15)13-7-9/h3-4,7H,2,5-6,8H2,1H3,(H,13,15)(H,14,16). The molecular formula is C12H16N2O3.